The first kappa shape index (κ1) is 17.2. The Morgan fingerprint density at radius 1 is 1.27 bits per heavy atom. The molecule has 2 rings (SSSR count). The van der Waals surface area contributed by atoms with Gasteiger partial charge in [0.05, 0.1) is 12.6 Å². The van der Waals surface area contributed by atoms with Crippen molar-refractivity contribution in [2.24, 2.45) is 17.2 Å². The van der Waals surface area contributed by atoms with Gasteiger partial charge >= 0.3 is 0 Å². The fourth-order valence-corrected chi connectivity index (χ4v) is 3.85. The molecule has 2 aliphatic rings. The molecule has 1 unspecified atom stereocenters. The lowest BCUT2D eigenvalue weighted by Crippen LogP contribution is -2.50. The van der Waals surface area contributed by atoms with Crippen LogP contribution in [0.25, 0.3) is 0 Å². The van der Waals surface area contributed by atoms with E-state index in [-0.39, 0.29) is 18.5 Å². The summed E-state index contributed by atoms with van der Waals surface area (Å²) in [6, 6.07) is 2.26. The number of rotatable bonds is 3. The van der Waals surface area contributed by atoms with Crippen LogP contribution in [-0.4, -0.2) is 41.0 Å². The zero-order valence-corrected chi connectivity index (χ0v) is 14.2. The summed E-state index contributed by atoms with van der Waals surface area (Å²) in [5.41, 5.74) is 0.357. The van der Waals surface area contributed by atoms with Crippen molar-refractivity contribution in [3.05, 3.63) is 0 Å². The van der Waals surface area contributed by atoms with Gasteiger partial charge < -0.3 is 4.90 Å². The second-order valence-electron chi connectivity index (χ2n) is 7.92. The number of nitrogens with two attached hydrogens (primary N) is 1. The van der Waals surface area contributed by atoms with Gasteiger partial charge in [0.1, 0.15) is 6.04 Å². The van der Waals surface area contributed by atoms with Crippen molar-refractivity contribution in [3.63, 3.8) is 0 Å². The Morgan fingerprint density at radius 2 is 1.91 bits per heavy atom. The summed E-state index contributed by atoms with van der Waals surface area (Å²) in [6.45, 7) is 7.84. The van der Waals surface area contributed by atoms with Crippen LogP contribution < -0.4 is 5.84 Å². The molecule has 124 valence electrons. The highest BCUT2D eigenvalue weighted by molar-refractivity contribution is 5.79. The van der Waals surface area contributed by atoms with Crippen LogP contribution in [0.2, 0.25) is 0 Å². The summed E-state index contributed by atoms with van der Waals surface area (Å²) in [5.74, 6) is 6.91. The van der Waals surface area contributed by atoms with E-state index in [0.717, 1.165) is 31.6 Å². The average molecular weight is 306 g/mol. The summed E-state index contributed by atoms with van der Waals surface area (Å²) in [6.07, 6.45) is 6.21. The minimum Gasteiger partial charge on any atom is -0.325 e. The molecule has 2 N–H and O–H groups in total. The molecule has 5 nitrogen and oxygen atoms in total. The third kappa shape index (κ3) is 3.99. The first-order valence-corrected chi connectivity index (χ1v) is 8.53. The van der Waals surface area contributed by atoms with E-state index in [1.54, 1.807) is 9.91 Å². The van der Waals surface area contributed by atoms with E-state index in [1.807, 2.05) is 0 Å². The molecule has 0 spiro atoms. The Hall–Kier alpha value is -1.12. The number of amides is 1. The first-order chi connectivity index (χ1) is 10.3. The average Bonchev–Trinajstić information content (AvgIpc) is 2.95. The second-order valence-corrected chi connectivity index (χ2v) is 7.92. The summed E-state index contributed by atoms with van der Waals surface area (Å²) in [7, 11) is 0. The van der Waals surface area contributed by atoms with Crippen LogP contribution in [0.1, 0.15) is 59.3 Å². The molecular formula is C17H30N4O. The predicted octanol–water partition coefficient (Wildman–Crippen LogP) is 2.28. The SMILES string of the molecule is CC(C)(C)C1CCC(N(N)CC(=O)N2CCCC2C#N)CC1. The lowest BCUT2D eigenvalue weighted by molar-refractivity contribution is -0.133. The van der Waals surface area contributed by atoms with Gasteiger partial charge in [-0.3, -0.25) is 10.6 Å². The Balaban J connectivity index is 1.82. The van der Waals surface area contributed by atoms with E-state index >= 15 is 0 Å². The van der Waals surface area contributed by atoms with Crippen molar-refractivity contribution >= 4 is 5.91 Å². The standard InChI is InChI=1S/C17H30N4O/c1-17(2,3)13-6-8-14(9-7-13)21(19)12-16(22)20-10-4-5-15(20)11-18/h13-15H,4-10,12,19H2,1-3H3. The van der Waals surface area contributed by atoms with Crippen LogP contribution in [0.5, 0.6) is 0 Å². The number of hydrogen-bond donors (Lipinski definition) is 1. The quantitative estimate of drug-likeness (QED) is 0.641. The maximum Gasteiger partial charge on any atom is 0.239 e. The van der Waals surface area contributed by atoms with E-state index in [9.17, 15) is 4.79 Å². The molecule has 0 aromatic rings. The number of carbonyl (C=O) groups is 1. The highest BCUT2D eigenvalue weighted by Gasteiger charge is 2.33. The Labute approximate surface area is 134 Å². The fourth-order valence-electron chi connectivity index (χ4n) is 3.85. The molecule has 1 heterocycles. The fraction of sp³-hybridized carbons (Fsp3) is 0.882. The molecule has 1 atom stereocenters. The summed E-state index contributed by atoms with van der Waals surface area (Å²) in [4.78, 5) is 14.0. The largest absolute Gasteiger partial charge is 0.325 e. The molecule has 1 aliphatic heterocycles. The lowest BCUT2D eigenvalue weighted by Gasteiger charge is -2.39. The molecular weight excluding hydrogens is 276 g/mol. The van der Waals surface area contributed by atoms with Gasteiger partial charge in [-0.1, -0.05) is 20.8 Å². The lowest BCUT2D eigenvalue weighted by atomic mass is 9.71. The zero-order valence-electron chi connectivity index (χ0n) is 14.2. The van der Waals surface area contributed by atoms with Crippen molar-refractivity contribution in [3.8, 4) is 6.07 Å². The van der Waals surface area contributed by atoms with Gasteiger partial charge in [-0.25, -0.2) is 5.01 Å². The van der Waals surface area contributed by atoms with Gasteiger partial charge in [0.15, 0.2) is 0 Å². The summed E-state index contributed by atoms with van der Waals surface area (Å²) >= 11 is 0. The molecule has 0 bridgehead atoms. The molecule has 0 radical (unpaired) electrons. The van der Waals surface area contributed by atoms with Crippen molar-refractivity contribution in [1.29, 1.82) is 5.26 Å². The number of nitrogens with zero attached hydrogens (tertiary/aromatic N) is 3. The zero-order chi connectivity index (χ0) is 16.3. The molecule has 1 saturated heterocycles. The van der Waals surface area contributed by atoms with Gasteiger partial charge in [0.2, 0.25) is 5.91 Å². The van der Waals surface area contributed by atoms with Gasteiger partial charge in [0.25, 0.3) is 0 Å². The molecule has 1 amide bonds. The molecule has 22 heavy (non-hydrogen) atoms. The Bertz CT molecular complexity index is 429. The third-order valence-electron chi connectivity index (χ3n) is 5.43. The van der Waals surface area contributed by atoms with Crippen LogP contribution >= 0.6 is 0 Å². The molecule has 2 fully saturated rings. The molecule has 0 aromatic carbocycles. The number of hydrazine groups is 1. The van der Waals surface area contributed by atoms with Crippen LogP contribution in [0.3, 0.4) is 0 Å². The van der Waals surface area contributed by atoms with Crippen molar-refractivity contribution < 1.29 is 4.79 Å². The van der Waals surface area contributed by atoms with Gasteiger partial charge in [-0.15, -0.1) is 0 Å². The Morgan fingerprint density at radius 3 is 2.45 bits per heavy atom. The highest BCUT2D eigenvalue weighted by Crippen LogP contribution is 2.38. The highest BCUT2D eigenvalue weighted by atomic mass is 16.2. The van der Waals surface area contributed by atoms with E-state index < -0.39 is 0 Å². The van der Waals surface area contributed by atoms with Crippen LogP contribution in [0, 0.1) is 22.7 Å². The van der Waals surface area contributed by atoms with E-state index in [2.05, 4.69) is 26.8 Å². The second kappa shape index (κ2) is 6.97. The third-order valence-corrected chi connectivity index (χ3v) is 5.43. The molecule has 1 aliphatic carbocycles. The van der Waals surface area contributed by atoms with Crippen molar-refractivity contribution in [1.82, 2.24) is 9.91 Å². The number of carbonyl (C=O) groups excluding carboxylic acids is 1. The minimum atomic E-state index is -0.252. The summed E-state index contributed by atoms with van der Waals surface area (Å²) < 4.78 is 0. The van der Waals surface area contributed by atoms with Crippen LogP contribution in [0.15, 0.2) is 0 Å². The number of likely N-dealkylation sites (tertiary alicyclic amines) is 1. The van der Waals surface area contributed by atoms with Gasteiger partial charge in [-0.05, 0) is 49.9 Å². The minimum absolute atomic E-state index is 0.00416. The first-order valence-electron chi connectivity index (χ1n) is 8.53. The van der Waals surface area contributed by atoms with E-state index in [1.165, 1.54) is 12.8 Å². The van der Waals surface area contributed by atoms with Crippen LogP contribution in [-0.2, 0) is 4.79 Å². The predicted molar refractivity (Wildman–Crippen MR) is 86.4 cm³/mol. The number of nitriles is 1. The van der Waals surface area contributed by atoms with Gasteiger partial charge in [0, 0.05) is 12.6 Å². The molecule has 5 heteroatoms. The van der Waals surface area contributed by atoms with Crippen LogP contribution in [0.4, 0.5) is 0 Å². The van der Waals surface area contributed by atoms with E-state index in [0.29, 0.717) is 18.0 Å². The normalized spacial score (nSPS) is 29.6. The number of hydrogen-bond acceptors (Lipinski definition) is 4. The Kier molecular flexibility index (Phi) is 5.46. The van der Waals surface area contributed by atoms with Crippen molar-refractivity contribution in [2.45, 2.75) is 71.4 Å². The molecule has 0 aromatic heterocycles. The monoisotopic (exact) mass is 306 g/mol. The summed E-state index contributed by atoms with van der Waals surface area (Å²) in [5, 5.41) is 10.8. The maximum atomic E-state index is 12.3. The topological polar surface area (TPSA) is 73.4 Å². The smallest absolute Gasteiger partial charge is 0.239 e. The van der Waals surface area contributed by atoms with Gasteiger partial charge in [-0.2, -0.15) is 5.26 Å². The van der Waals surface area contributed by atoms with Crippen molar-refractivity contribution in [2.75, 3.05) is 13.1 Å². The maximum absolute atomic E-state index is 12.3. The van der Waals surface area contributed by atoms with E-state index in [4.69, 9.17) is 11.1 Å². The molecule has 1 saturated carbocycles.